The lowest BCUT2D eigenvalue weighted by Gasteiger charge is -2.21. The van der Waals surface area contributed by atoms with Gasteiger partial charge in [-0.2, -0.15) is 0 Å². The molecule has 0 aromatic carbocycles. The van der Waals surface area contributed by atoms with Gasteiger partial charge < -0.3 is 9.88 Å². The van der Waals surface area contributed by atoms with Crippen LogP contribution < -0.4 is 5.32 Å². The number of nitrogens with one attached hydrogen (secondary N) is 1. The van der Waals surface area contributed by atoms with Crippen LogP contribution in [0, 0.1) is 5.92 Å². The highest BCUT2D eigenvalue weighted by Crippen LogP contribution is 2.37. The van der Waals surface area contributed by atoms with Crippen molar-refractivity contribution >= 4 is 5.95 Å². The van der Waals surface area contributed by atoms with Crippen LogP contribution in [0.2, 0.25) is 0 Å². The molecule has 0 amide bonds. The van der Waals surface area contributed by atoms with Gasteiger partial charge in [0.25, 0.3) is 0 Å². The minimum atomic E-state index is 0.532. The maximum Gasteiger partial charge on any atom is 0.203 e. The fourth-order valence-corrected chi connectivity index (χ4v) is 1.98. The lowest BCUT2D eigenvalue weighted by Crippen LogP contribution is -2.26. The largest absolute Gasteiger partial charge is 0.353 e. The van der Waals surface area contributed by atoms with Gasteiger partial charge >= 0.3 is 0 Å². The summed E-state index contributed by atoms with van der Waals surface area (Å²) >= 11 is 0. The number of anilines is 1. The molecule has 1 atom stereocenters. The lowest BCUT2D eigenvalue weighted by molar-refractivity contribution is 0.504. The van der Waals surface area contributed by atoms with E-state index in [1.807, 2.05) is 6.20 Å². The molecule has 0 bridgehead atoms. The topological polar surface area (TPSA) is 29.9 Å². The van der Waals surface area contributed by atoms with E-state index in [-0.39, 0.29) is 0 Å². The molecule has 15 heavy (non-hydrogen) atoms. The van der Waals surface area contributed by atoms with E-state index in [2.05, 4.69) is 41.8 Å². The molecule has 1 aromatic heterocycles. The Balaban J connectivity index is 2.05. The number of aromatic nitrogens is 2. The van der Waals surface area contributed by atoms with Gasteiger partial charge in [0.1, 0.15) is 0 Å². The summed E-state index contributed by atoms with van der Waals surface area (Å²) in [6.45, 7) is 6.74. The average Bonchev–Trinajstić information content (AvgIpc) is 2.95. The summed E-state index contributed by atoms with van der Waals surface area (Å²) in [6, 6.07) is 1.24. The second-order valence-corrected chi connectivity index (χ2v) is 4.79. The molecule has 0 spiro atoms. The molecule has 1 aliphatic carbocycles. The third kappa shape index (κ3) is 2.33. The van der Waals surface area contributed by atoms with Crippen molar-refractivity contribution in [3.8, 4) is 0 Å². The minimum Gasteiger partial charge on any atom is -0.353 e. The second-order valence-electron chi connectivity index (χ2n) is 4.79. The molecular weight excluding hydrogens is 186 g/mol. The quantitative estimate of drug-likeness (QED) is 0.804. The van der Waals surface area contributed by atoms with Crippen LogP contribution in [0.1, 0.15) is 46.1 Å². The summed E-state index contributed by atoms with van der Waals surface area (Å²) < 4.78 is 2.28. The molecule has 3 heteroatoms. The molecule has 2 rings (SSSR count). The van der Waals surface area contributed by atoms with Crippen LogP contribution in [-0.2, 0) is 0 Å². The van der Waals surface area contributed by atoms with Crippen molar-refractivity contribution in [3.05, 3.63) is 12.4 Å². The average molecular weight is 207 g/mol. The van der Waals surface area contributed by atoms with E-state index in [1.165, 1.54) is 12.8 Å². The maximum atomic E-state index is 4.40. The van der Waals surface area contributed by atoms with Gasteiger partial charge in [0.15, 0.2) is 0 Å². The van der Waals surface area contributed by atoms with E-state index in [0.717, 1.165) is 12.4 Å². The molecule has 3 nitrogen and oxygen atoms in total. The SMILES string of the molecule is CCC(Nc1nccn1C1CC1)C(C)C. The van der Waals surface area contributed by atoms with Crippen molar-refractivity contribution in [3.63, 3.8) is 0 Å². The number of hydrogen-bond donors (Lipinski definition) is 1. The third-order valence-electron chi connectivity index (χ3n) is 3.17. The van der Waals surface area contributed by atoms with Crippen LogP contribution in [0.15, 0.2) is 12.4 Å². The minimum absolute atomic E-state index is 0.532. The summed E-state index contributed by atoms with van der Waals surface area (Å²) in [6.07, 6.45) is 7.75. The van der Waals surface area contributed by atoms with Gasteiger partial charge in [-0.3, -0.25) is 0 Å². The van der Waals surface area contributed by atoms with Crippen molar-refractivity contribution in [1.29, 1.82) is 0 Å². The first-order chi connectivity index (χ1) is 7.22. The van der Waals surface area contributed by atoms with Crippen molar-refractivity contribution in [2.24, 2.45) is 5.92 Å². The first-order valence-electron chi connectivity index (χ1n) is 6.01. The van der Waals surface area contributed by atoms with E-state index >= 15 is 0 Å². The highest BCUT2D eigenvalue weighted by atomic mass is 15.2. The third-order valence-corrected chi connectivity index (χ3v) is 3.17. The van der Waals surface area contributed by atoms with E-state index in [1.54, 1.807) is 0 Å². The molecule has 0 saturated heterocycles. The van der Waals surface area contributed by atoms with Crippen molar-refractivity contribution < 1.29 is 0 Å². The van der Waals surface area contributed by atoms with Crippen LogP contribution in [0.4, 0.5) is 5.95 Å². The van der Waals surface area contributed by atoms with E-state index in [9.17, 15) is 0 Å². The predicted molar refractivity (Wildman–Crippen MR) is 63.0 cm³/mol. The van der Waals surface area contributed by atoms with Gasteiger partial charge in [-0.25, -0.2) is 4.98 Å². The molecule has 1 aromatic rings. The molecule has 1 saturated carbocycles. The van der Waals surface area contributed by atoms with Crippen LogP contribution in [-0.4, -0.2) is 15.6 Å². The van der Waals surface area contributed by atoms with Crippen LogP contribution in [0.25, 0.3) is 0 Å². The predicted octanol–water partition coefficient (Wildman–Crippen LogP) is 3.06. The van der Waals surface area contributed by atoms with Crippen molar-refractivity contribution in [2.45, 2.75) is 52.1 Å². The van der Waals surface area contributed by atoms with Gasteiger partial charge in [0.2, 0.25) is 5.95 Å². The van der Waals surface area contributed by atoms with Crippen LogP contribution in [0.3, 0.4) is 0 Å². The summed E-state index contributed by atoms with van der Waals surface area (Å²) in [4.78, 5) is 4.40. The fraction of sp³-hybridized carbons (Fsp3) is 0.750. The number of hydrogen-bond acceptors (Lipinski definition) is 2. The second kappa shape index (κ2) is 4.25. The van der Waals surface area contributed by atoms with E-state index in [0.29, 0.717) is 18.0 Å². The molecule has 1 heterocycles. The van der Waals surface area contributed by atoms with Gasteiger partial charge in [-0.1, -0.05) is 20.8 Å². The Morgan fingerprint density at radius 3 is 2.80 bits per heavy atom. The maximum absolute atomic E-state index is 4.40. The van der Waals surface area contributed by atoms with E-state index in [4.69, 9.17) is 0 Å². The van der Waals surface area contributed by atoms with Gasteiger partial charge in [-0.15, -0.1) is 0 Å². The molecule has 1 N–H and O–H groups in total. The van der Waals surface area contributed by atoms with E-state index < -0.39 is 0 Å². The van der Waals surface area contributed by atoms with Crippen molar-refractivity contribution in [1.82, 2.24) is 9.55 Å². The van der Waals surface area contributed by atoms with Crippen LogP contribution >= 0.6 is 0 Å². The van der Waals surface area contributed by atoms with Gasteiger partial charge in [-0.05, 0) is 25.2 Å². The monoisotopic (exact) mass is 207 g/mol. The summed E-state index contributed by atoms with van der Waals surface area (Å²) in [5.41, 5.74) is 0. The zero-order valence-corrected chi connectivity index (χ0v) is 9.90. The Bertz CT molecular complexity index is 312. The Morgan fingerprint density at radius 1 is 1.53 bits per heavy atom. The highest BCUT2D eigenvalue weighted by molar-refractivity contribution is 5.29. The fourth-order valence-electron chi connectivity index (χ4n) is 1.98. The lowest BCUT2D eigenvalue weighted by atomic mass is 10.0. The molecule has 1 fully saturated rings. The first kappa shape index (κ1) is 10.5. The Hall–Kier alpha value is -0.990. The van der Waals surface area contributed by atoms with Gasteiger partial charge in [0, 0.05) is 24.5 Å². The smallest absolute Gasteiger partial charge is 0.203 e. The first-order valence-corrected chi connectivity index (χ1v) is 6.01. The normalized spacial score (nSPS) is 18.1. The standard InChI is InChI=1S/C12H21N3/c1-4-11(9(2)3)14-12-13-7-8-15(12)10-5-6-10/h7-11H,4-6H2,1-3H3,(H,13,14). The zero-order valence-electron chi connectivity index (χ0n) is 9.90. The Labute approximate surface area is 91.9 Å². The molecule has 1 aliphatic rings. The summed E-state index contributed by atoms with van der Waals surface area (Å²) in [7, 11) is 0. The van der Waals surface area contributed by atoms with Gasteiger partial charge in [0.05, 0.1) is 0 Å². The van der Waals surface area contributed by atoms with Crippen LogP contribution in [0.5, 0.6) is 0 Å². The molecule has 1 unspecified atom stereocenters. The van der Waals surface area contributed by atoms with Crippen molar-refractivity contribution in [2.75, 3.05) is 5.32 Å². The summed E-state index contributed by atoms with van der Waals surface area (Å²) in [5.74, 6) is 1.71. The Morgan fingerprint density at radius 2 is 2.27 bits per heavy atom. The molecule has 84 valence electrons. The number of imidazole rings is 1. The summed E-state index contributed by atoms with van der Waals surface area (Å²) in [5, 5.41) is 3.55. The zero-order chi connectivity index (χ0) is 10.8. The molecule has 0 radical (unpaired) electrons. The number of rotatable bonds is 5. The highest BCUT2D eigenvalue weighted by Gasteiger charge is 2.26. The molecule has 0 aliphatic heterocycles. The Kier molecular flexibility index (Phi) is 2.98. The molecular formula is C12H21N3. The number of nitrogens with zero attached hydrogens (tertiary/aromatic N) is 2.